The smallest absolute Gasteiger partial charge is 0.407 e. The number of furan rings is 1. The minimum Gasteiger partial charge on any atom is -0.469 e. The normalized spacial score (nSPS) is 14.8. The maximum absolute atomic E-state index is 12.0. The van der Waals surface area contributed by atoms with Crippen molar-refractivity contribution in [1.82, 2.24) is 0 Å². The highest BCUT2D eigenvalue weighted by Gasteiger charge is 2.38. The van der Waals surface area contributed by atoms with Gasteiger partial charge in [0.1, 0.15) is 11.8 Å². The summed E-state index contributed by atoms with van der Waals surface area (Å²) in [5, 5.41) is 0. The van der Waals surface area contributed by atoms with Gasteiger partial charge in [-0.2, -0.15) is 13.2 Å². The van der Waals surface area contributed by atoms with Crippen LogP contribution in [0, 0.1) is 6.92 Å². The molecule has 0 aliphatic rings. The van der Waals surface area contributed by atoms with Gasteiger partial charge in [0.25, 0.3) is 0 Å². The Labute approximate surface area is 67.2 Å². The van der Waals surface area contributed by atoms with Crippen molar-refractivity contribution in [2.45, 2.75) is 19.1 Å². The molecule has 1 rings (SSSR count). The number of aryl methyl sites for hydroxylation is 1. The van der Waals surface area contributed by atoms with E-state index < -0.39 is 12.2 Å². The van der Waals surface area contributed by atoms with E-state index in [2.05, 4.69) is 0 Å². The van der Waals surface area contributed by atoms with Gasteiger partial charge in [0.05, 0.1) is 6.26 Å². The van der Waals surface area contributed by atoms with Gasteiger partial charge in [-0.3, -0.25) is 0 Å². The van der Waals surface area contributed by atoms with Gasteiger partial charge in [0.15, 0.2) is 0 Å². The first-order chi connectivity index (χ1) is 5.41. The lowest BCUT2D eigenvalue weighted by molar-refractivity contribution is -0.149. The van der Waals surface area contributed by atoms with E-state index >= 15 is 0 Å². The maximum atomic E-state index is 12.0. The van der Waals surface area contributed by atoms with Crippen molar-refractivity contribution >= 4 is 0 Å². The molecule has 0 spiro atoms. The van der Waals surface area contributed by atoms with E-state index in [-0.39, 0.29) is 5.56 Å². The molecule has 0 bridgehead atoms. The van der Waals surface area contributed by atoms with Crippen LogP contribution in [0.5, 0.6) is 0 Å². The van der Waals surface area contributed by atoms with Gasteiger partial charge < -0.3 is 10.2 Å². The molecule has 0 aliphatic carbocycles. The van der Waals surface area contributed by atoms with Gasteiger partial charge in [-0.15, -0.1) is 0 Å². The molecule has 0 amide bonds. The first kappa shape index (κ1) is 9.12. The molecule has 0 saturated heterocycles. The monoisotopic (exact) mass is 179 g/mol. The first-order valence-corrected chi connectivity index (χ1v) is 3.28. The van der Waals surface area contributed by atoms with E-state index in [1.807, 2.05) is 0 Å². The summed E-state index contributed by atoms with van der Waals surface area (Å²) in [6, 6.07) is -0.673. The summed E-state index contributed by atoms with van der Waals surface area (Å²) in [5.41, 5.74) is 4.86. The van der Waals surface area contributed by atoms with Crippen molar-refractivity contribution in [3.05, 3.63) is 23.7 Å². The molecule has 0 fully saturated rings. The molecule has 12 heavy (non-hydrogen) atoms. The van der Waals surface area contributed by atoms with Crippen molar-refractivity contribution in [3.8, 4) is 0 Å². The van der Waals surface area contributed by atoms with E-state index in [1.165, 1.54) is 6.07 Å². The van der Waals surface area contributed by atoms with Crippen LogP contribution in [0.4, 0.5) is 13.2 Å². The minimum atomic E-state index is -4.41. The number of hydrogen-bond acceptors (Lipinski definition) is 2. The summed E-state index contributed by atoms with van der Waals surface area (Å²) >= 11 is 0. The molecule has 2 N–H and O–H groups in total. The van der Waals surface area contributed by atoms with Crippen LogP contribution in [0.15, 0.2) is 16.7 Å². The predicted molar refractivity (Wildman–Crippen MR) is 36.4 cm³/mol. The largest absolute Gasteiger partial charge is 0.469 e. The van der Waals surface area contributed by atoms with Crippen molar-refractivity contribution < 1.29 is 17.6 Å². The molecule has 68 valence electrons. The number of halogens is 3. The molecule has 0 aromatic carbocycles. The Kier molecular flexibility index (Phi) is 2.14. The van der Waals surface area contributed by atoms with E-state index in [9.17, 15) is 13.2 Å². The van der Waals surface area contributed by atoms with Gasteiger partial charge in [0.2, 0.25) is 0 Å². The second-order valence-corrected chi connectivity index (χ2v) is 2.51. The van der Waals surface area contributed by atoms with E-state index in [0.29, 0.717) is 5.76 Å². The summed E-state index contributed by atoms with van der Waals surface area (Å²) in [5.74, 6) is 0.421. The Balaban J connectivity index is 2.85. The third-order valence-corrected chi connectivity index (χ3v) is 1.46. The lowest BCUT2D eigenvalue weighted by atomic mass is 10.1. The summed E-state index contributed by atoms with van der Waals surface area (Å²) in [4.78, 5) is 0. The lowest BCUT2D eigenvalue weighted by Gasteiger charge is -2.12. The van der Waals surface area contributed by atoms with E-state index in [4.69, 9.17) is 10.2 Å². The van der Waals surface area contributed by atoms with Crippen molar-refractivity contribution in [2.24, 2.45) is 5.73 Å². The van der Waals surface area contributed by atoms with Gasteiger partial charge >= 0.3 is 6.18 Å². The van der Waals surface area contributed by atoms with Gasteiger partial charge in [-0.1, -0.05) is 0 Å². The standard InChI is InChI=1S/C7H8F3NO/c1-4-2-5(3-12-4)6(11)7(8,9)10/h2-3,6H,11H2,1H3/t6-/m0/s1. The van der Waals surface area contributed by atoms with Crippen molar-refractivity contribution in [2.75, 3.05) is 0 Å². The number of rotatable bonds is 1. The Morgan fingerprint density at radius 1 is 1.50 bits per heavy atom. The second kappa shape index (κ2) is 2.82. The molecular formula is C7H8F3NO. The molecule has 1 atom stereocenters. The van der Waals surface area contributed by atoms with Crippen LogP contribution in [0.1, 0.15) is 17.4 Å². The van der Waals surface area contributed by atoms with Gasteiger partial charge in [-0.05, 0) is 13.0 Å². The second-order valence-electron chi connectivity index (χ2n) is 2.51. The van der Waals surface area contributed by atoms with Crippen LogP contribution < -0.4 is 5.73 Å². The van der Waals surface area contributed by atoms with Gasteiger partial charge in [-0.25, -0.2) is 0 Å². The Bertz CT molecular complexity index is 266. The minimum absolute atomic E-state index is 0.0417. The van der Waals surface area contributed by atoms with Crippen LogP contribution in [-0.4, -0.2) is 6.18 Å². The molecule has 0 aliphatic heterocycles. The molecular weight excluding hydrogens is 171 g/mol. The van der Waals surface area contributed by atoms with Crippen LogP contribution in [-0.2, 0) is 0 Å². The highest BCUT2D eigenvalue weighted by Crippen LogP contribution is 2.30. The zero-order valence-electron chi connectivity index (χ0n) is 6.35. The van der Waals surface area contributed by atoms with E-state index in [1.54, 1.807) is 6.92 Å². The molecule has 0 saturated carbocycles. The molecule has 5 heteroatoms. The zero-order chi connectivity index (χ0) is 9.35. The Hall–Kier alpha value is -0.970. The van der Waals surface area contributed by atoms with Crippen LogP contribution in [0.3, 0.4) is 0 Å². The predicted octanol–water partition coefficient (Wildman–Crippen LogP) is 2.15. The van der Waals surface area contributed by atoms with Gasteiger partial charge in [0, 0.05) is 5.56 Å². The summed E-state index contributed by atoms with van der Waals surface area (Å²) < 4.78 is 40.6. The summed E-state index contributed by atoms with van der Waals surface area (Å²) in [6.45, 7) is 1.56. The fourth-order valence-corrected chi connectivity index (χ4v) is 0.816. The average Bonchev–Trinajstić information content (AvgIpc) is 2.32. The average molecular weight is 179 g/mol. The summed E-state index contributed by atoms with van der Waals surface area (Å²) in [6.07, 6.45) is -3.39. The summed E-state index contributed by atoms with van der Waals surface area (Å²) in [7, 11) is 0. The fraction of sp³-hybridized carbons (Fsp3) is 0.429. The number of alkyl halides is 3. The molecule has 2 nitrogen and oxygen atoms in total. The third kappa shape index (κ3) is 1.79. The van der Waals surface area contributed by atoms with E-state index in [0.717, 1.165) is 6.26 Å². The van der Waals surface area contributed by atoms with Crippen LogP contribution >= 0.6 is 0 Å². The number of hydrogen-bond donors (Lipinski definition) is 1. The van der Waals surface area contributed by atoms with Crippen LogP contribution in [0.25, 0.3) is 0 Å². The molecule has 1 aromatic rings. The molecule has 0 unspecified atom stereocenters. The quantitative estimate of drug-likeness (QED) is 0.717. The highest BCUT2D eigenvalue weighted by molar-refractivity contribution is 5.17. The maximum Gasteiger partial charge on any atom is 0.407 e. The van der Waals surface area contributed by atoms with Crippen LogP contribution in [0.2, 0.25) is 0 Å². The Morgan fingerprint density at radius 3 is 2.42 bits per heavy atom. The fourth-order valence-electron chi connectivity index (χ4n) is 0.816. The number of nitrogens with two attached hydrogens (primary N) is 1. The Morgan fingerprint density at radius 2 is 2.08 bits per heavy atom. The molecule has 1 heterocycles. The van der Waals surface area contributed by atoms with Crippen molar-refractivity contribution in [1.29, 1.82) is 0 Å². The van der Waals surface area contributed by atoms with Crippen molar-refractivity contribution in [3.63, 3.8) is 0 Å². The topological polar surface area (TPSA) is 39.2 Å². The molecule has 1 aromatic heterocycles. The first-order valence-electron chi connectivity index (χ1n) is 3.28. The zero-order valence-corrected chi connectivity index (χ0v) is 6.35. The molecule has 0 radical (unpaired) electrons. The SMILES string of the molecule is Cc1cc([C@H](N)C(F)(F)F)co1. The lowest BCUT2D eigenvalue weighted by Crippen LogP contribution is -2.27. The highest BCUT2D eigenvalue weighted by atomic mass is 19.4. The third-order valence-electron chi connectivity index (χ3n) is 1.46.